The molecule has 3 aromatic rings. The molecule has 1 N–H and O–H groups in total. The van der Waals surface area contributed by atoms with Gasteiger partial charge in [0.2, 0.25) is 5.91 Å². The number of phenols is 1. The molecule has 1 aliphatic heterocycles. The van der Waals surface area contributed by atoms with Crippen molar-refractivity contribution in [2.75, 3.05) is 57.2 Å². The molecule has 2 heterocycles. The summed E-state index contributed by atoms with van der Waals surface area (Å²) in [5.74, 6) is -2.14. The van der Waals surface area contributed by atoms with Crippen molar-refractivity contribution in [3.8, 4) is 22.9 Å². The number of anilines is 1. The van der Waals surface area contributed by atoms with Gasteiger partial charge in [-0.15, -0.1) is 0 Å². The van der Waals surface area contributed by atoms with Crippen LogP contribution in [0, 0.1) is 11.6 Å². The zero-order valence-electron chi connectivity index (χ0n) is 20.4. The van der Waals surface area contributed by atoms with E-state index in [9.17, 15) is 18.9 Å². The number of aromatic hydroxyl groups is 1. The number of carbonyl (C=O) groups is 1. The first-order valence-electron chi connectivity index (χ1n) is 11.5. The summed E-state index contributed by atoms with van der Waals surface area (Å²) in [5.41, 5.74) is -0.903. The van der Waals surface area contributed by atoms with Crippen LogP contribution in [0.25, 0.3) is 22.0 Å². The summed E-state index contributed by atoms with van der Waals surface area (Å²) in [5, 5.41) is 10.4. The molecule has 1 saturated heterocycles. The number of amides is 1. The van der Waals surface area contributed by atoms with E-state index in [1.165, 1.54) is 24.3 Å². The molecule has 1 aliphatic rings. The Morgan fingerprint density at radius 1 is 1.22 bits per heavy atom. The van der Waals surface area contributed by atoms with E-state index in [0.717, 1.165) is 6.07 Å². The molecule has 1 amide bonds. The highest BCUT2D eigenvalue weighted by molar-refractivity contribution is 7.62. The molecule has 0 atom stereocenters. The number of hydrogen-bond donors (Lipinski definition) is 1. The summed E-state index contributed by atoms with van der Waals surface area (Å²) in [7, 11) is -2.38. The van der Waals surface area contributed by atoms with E-state index in [2.05, 4.69) is 16.5 Å². The molecule has 1 aromatic heterocycles. The number of hydrogen-bond acceptors (Lipinski definition) is 7. The fourth-order valence-electron chi connectivity index (χ4n) is 4.08. The van der Waals surface area contributed by atoms with Crippen molar-refractivity contribution in [2.45, 2.75) is 0 Å². The summed E-state index contributed by atoms with van der Waals surface area (Å²) in [6, 6.07) is 4.89. The number of aromatic nitrogens is 2. The normalized spacial score (nSPS) is 14.2. The van der Waals surface area contributed by atoms with Crippen molar-refractivity contribution >= 4 is 41.4 Å². The zero-order chi connectivity index (χ0) is 26.9. The van der Waals surface area contributed by atoms with E-state index in [-0.39, 0.29) is 51.7 Å². The second kappa shape index (κ2) is 10.6. The van der Waals surface area contributed by atoms with Gasteiger partial charge in [-0.2, -0.15) is 9.97 Å². The Morgan fingerprint density at radius 2 is 1.92 bits per heavy atom. The van der Waals surface area contributed by atoms with Crippen LogP contribution in [0.3, 0.4) is 0 Å². The summed E-state index contributed by atoms with van der Waals surface area (Å²) < 4.78 is 48.4. The van der Waals surface area contributed by atoms with Gasteiger partial charge in [-0.3, -0.25) is 4.79 Å². The predicted octanol–water partition coefficient (Wildman–Crippen LogP) is 4.77. The van der Waals surface area contributed by atoms with Gasteiger partial charge in [0.05, 0.1) is 24.3 Å². The lowest BCUT2D eigenvalue weighted by molar-refractivity contribution is -0.126. The third-order valence-corrected chi connectivity index (χ3v) is 7.57. The number of phenolic OH excluding ortho intramolecular Hbond substituents is 1. The van der Waals surface area contributed by atoms with Crippen LogP contribution in [0.1, 0.15) is 0 Å². The highest BCUT2D eigenvalue weighted by atomic mass is 35.5. The molecule has 1 fully saturated rings. The van der Waals surface area contributed by atoms with Crippen molar-refractivity contribution in [2.24, 2.45) is 0 Å². The molecule has 2 aromatic carbocycles. The molecular formula is C25H26ClF2N4O4P. The lowest BCUT2D eigenvalue weighted by Gasteiger charge is -2.35. The predicted molar refractivity (Wildman–Crippen MR) is 140 cm³/mol. The van der Waals surface area contributed by atoms with E-state index in [0.29, 0.717) is 32.0 Å². The minimum Gasteiger partial charge on any atom is -0.507 e. The van der Waals surface area contributed by atoms with Crippen LogP contribution >= 0.6 is 18.7 Å². The van der Waals surface area contributed by atoms with Gasteiger partial charge < -0.3 is 24.2 Å². The second-order valence-electron chi connectivity index (χ2n) is 9.07. The Morgan fingerprint density at radius 3 is 2.54 bits per heavy atom. The number of nitrogens with zero attached hydrogens (tertiary/aromatic N) is 4. The topological polar surface area (TPSA) is 95.9 Å². The monoisotopic (exact) mass is 550 g/mol. The van der Waals surface area contributed by atoms with Gasteiger partial charge in [0.15, 0.2) is 5.82 Å². The number of ether oxygens (including phenoxy) is 1. The second-order valence-corrected chi connectivity index (χ2v) is 13.1. The van der Waals surface area contributed by atoms with Gasteiger partial charge in [0.25, 0.3) is 0 Å². The average Bonchev–Trinajstić information content (AvgIpc) is 2.84. The minimum absolute atomic E-state index is 0.0486. The van der Waals surface area contributed by atoms with Crippen LogP contribution in [0.2, 0.25) is 5.02 Å². The van der Waals surface area contributed by atoms with E-state index < -0.39 is 24.5 Å². The zero-order valence-corrected chi connectivity index (χ0v) is 22.0. The molecule has 4 rings (SSSR count). The number of benzene rings is 2. The third-order valence-electron chi connectivity index (χ3n) is 6.01. The molecule has 37 heavy (non-hydrogen) atoms. The van der Waals surface area contributed by atoms with Crippen LogP contribution in [0.15, 0.2) is 36.9 Å². The number of fused-ring (bicyclic) bond motifs is 1. The minimum atomic E-state index is -2.38. The van der Waals surface area contributed by atoms with Crippen LogP contribution in [0.4, 0.5) is 14.6 Å². The maximum atomic E-state index is 16.0. The SMILES string of the molecule is C=CC(=O)N1CCN(c2nc(OCCP(C)(C)=O)nc3c(F)c(-c4c(O)cccc4F)c(Cl)cc23)CC1. The summed E-state index contributed by atoms with van der Waals surface area (Å²) >= 11 is 6.44. The van der Waals surface area contributed by atoms with Crippen LogP contribution in [0.5, 0.6) is 11.8 Å². The van der Waals surface area contributed by atoms with Crippen molar-refractivity contribution in [3.63, 3.8) is 0 Å². The fraction of sp³-hybridized carbons (Fsp3) is 0.320. The Hall–Kier alpha value is -3.23. The molecule has 0 spiro atoms. The third kappa shape index (κ3) is 5.70. The van der Waals surface area contributed by atoms with Crippen molar-refractivity contribution < 1.29 is 28.0 Å². The van der Waals surface area contributed by atoms with Gasteiger partial charge in [0.1, 0.15) is 22.9 Å². The van der Waals surface area contributed by atoms with Crippen molar-refractivity contribution in [3.05, 3.63) is 53.6 Å². The molecule has 0 aliphatic carbocycles. The van der Waals surface area contributed by atoms with Crippen LogP contribution in [-0.2, 0) is 9.36 Å². The van der Waals surface area contributed by atoms with Gasteiger partial charge in [-0.1, -0.05) is 24.2 Å². The Bertz CT molecular complexity index is 1400. The number of carbonyl (C=O) groups excluding carboxylic acids is 1. The molecule has 0 unspecified atom stereocenters. The Kier molecular flexibility index (Phi) is 7.71. The molecule has 8 nitrogen and oxygen atoms in total. The Balaban J connectivity index is 1.84. The van der Waals surface area contributed by atoms with Gasteiger partial charge in [-0.25, -0.2) is 8.78 Å². The first-order valence-corrected chi connectivity index (χ1v) is 14.7. The van der Waals surface area contributed by atoms with Crippen LogP contribution < -0.4 is 9.64 Å². The maximum absolute atomic E-state index is 16.0. The largest absolute Gasteiger partial charge is 0.507 e. The summed E-state index contributed by atoms with van der Waals surface area (Å²) in [6.45, 7) is 8.37. The standard InChI is InChI=1S/C25H26ClF2N4O4P/c1-4-19(34)31-8-10-32(11-9-31)24-15-14-16(26)20(21-17(27)6-5-7-18(21)33)22(28)23(15)29-25(30-24)36-12-13-37(2,3)35/h4-7,14,33H,1,8-13H2,2-3H3. The maximum Gasteiger partial charge on any atom is 0.319 e. The van der Waals surface area contributed by atoms with E-state index >= 15 is 4.39 Å². The fourth-order valence-corrected chi connectivity index (χ4v) is 4.90. The van der Waals surface area contributed by atoms with Crippen molar-refractivity contribution in [1.82, 2.24) is 14.9 Å². The number of rotatable bonds is 7. The lowest BCUT2D eigenvalue weighted by atomic mass is 10.0. The quantitative estimate of drug-likeness (QED) is 0.334. The smallest absolute Gasteiger partial charge is 0.319 e. The molecular weight excluding hydrogens is 525 g/mol. The number of halogens is 3. The molecule has 0 bridgehead atoms. The molecule has 0 saturated carbocycles. The molecule has 12 heteroatoms. The van der Waals surface area contributed by atoms with Crippen molar-refractivity contribution in [1.29, 1.82) is 0 Å². The van der Waals surface area contributed by atoms with Gasteiger partial charge in [-0.05, 0) is 37.6 Å². The van der Waals surface area contributed by atoms with E-state index in [1.54, 1.807) is 18.2 Å². The van der Waals surface area contributed by atoms with Crippen LogP contribution in [-0.4, -0.2) is 78.2 Å². The number of piperazine rings is 1. The first-order chi connectivity index (χ1) is 17.5. The highest BCUT2D eigenvalue weighted by Crippen LogP contribution is 2.43. The Labute approximate surface area is 217 Å². The average molecular weight is 551 g/mol. The van der Waals surface area contributed by atoms with E-state index in [1.807, 2.05) is 4.90 Å². The molecule has 196 valence electrons. The molecule has 0 radical (unpaired) electrons. The summed E-state index contributed by atoms with van der Waals surface area (Å²) in [6.07, 6.45) is 1.51. The summed E-state index contributed by atoms with van der Waals surface area (Å²) in [4.78, 5) is 24.2. The highest BCUT2D eigenvalue weighted by Gasteiger charge is 2.27. The first kappa shape index (κ1) is 26.8. The lowest BCUT2D eigenvalue weighted by Crippen LogP contribution is -2.48. The van der Waals surface area contributed by atoms with Gasteiger partial charge >= 0.3 is 6.01 Å². The van der Waals surface area contributed by atoms with E-state index in [4.69, 9.17) is 16.3 Å². The van der Waals surface area contributed by atoms with Gasteiger partial charge in [0, 0.05) is 43.3 Å².